The van der Waals surface area contributed by atoms with Gasteiger partial charge >= 0.3 is 0 Å². The fourth-order valence-electron chi connectivity index (χ4n) is 1.66. The van der Waals surface area contributed by atoms with Crippen LogP contribution in [0.3, 0.4) is 0 Å². The molecule has 0 bridgehead atoms. The number of carbonyl (C=O) groups excluding carboxylic acids is 1. The Hall–Kier alpha value is -1.17. The molecule has 0 aromatic carbocycles. The van der Waals surface area contributed by atoms with Crippen molar-refractivity contribution in [2.75, 3.05) is 17.7 Å². The third-order valence-corrected chi connectivity index (χ3v) is 3.37. The van der Waals surface area contributed by atoms with Crippen LogP contribution in [0.25, 0.3) is 0 Å². The molecule has 1 aromatic heterocycles. The molecule has 1 heterocycles. The number of nitrogen functional groups attached to an aromatic ring is 1. The molecule has 1 unspecified atom stereocenters. The van der Waals surface area contributed by atoms with Gasteiger partial charge in [0.15, 0.2) is 5.69 Å². The Morgan fingerprint density at radius 1 is 1.61 bits per heavy atom. The van der Waals surface area contributed by atoms with Crippen molar-refractivity contribution < 1.29 is 4.79 Å². The quantitative estimate of drug-likeness (QED) is 0.705. The van der Waals surface area contributed by atoms with Crippen LogP contribution in [-0.4, -0.2) is 34.2 Å². The van der Waals surface area contributed by atoms with E-state index >= 15 is 0 Å². The summed E-state index contributed by atoms with van der Waals surface area (Å²) in [5.41, 5.74) is 7.55. The fraction of sp³-hybridized carbons (Fsp3) is 0.667. The molecule has 1 amide bonds. The normalized spacial score (nSPS) is 12.4. The molecule has 0 aliphatic carbocycles. The zero-order chi connectivity index (χ0) is 13.5. The average molecular weight is 270 g/mol. The first kappa shape index (κ1) is 14.9. The van der Waals surface area contributed by atoms with Crippen molar-refractivity contribution >= 4 is 23.4 Å². The number of H-pyrrole nitrogens is 1. The number of nitrogens with two attached hydrogens (primary N) is 1. The Morgan fingerprint density at radius 3 is 2.94 bits per heavy atom. The number of aryl methyl sites for hydroxylation is 1. The lowest BCUT2D eigenvalue weighted by molar-refractivity contribution is 0.0935. The standard InChI is InChI=1S/C12H22N4OS/c1-4-5-9-10(13)11(16-15-9)12(17)14-8(2)6-7-18-3/h8H,4-7,13H2,1-3H3,(H,14,17)(H,15,16). The molecule has 0 saturated carbocycles. The van der Waals surface area contributed by atoms with Crippen LogP contribution in [0.2, 0.25) is 0 Å². The number of hydrogen-bond acceptors (Lipinski definition) is 4. The average Bonchev–Trinajstić information content (AvgIpc) is 2.69. The van der Waals surface area contributed by atoms with Gasteiger partial charge in [0.05, 0.1) is 11.4 Å². The first-order valence-electron chi connectivity index (χ1n) is 6.22. The lowest BCUT2D eigenvalue weighted by Gasteiger charge is -2.12. The van der Waals surface area contributed by atoms with E-state index in [4.69, 9.17) is 5.73 Å². The van der Waals surface area contributed by atoms with Crippen LogP contribution in [0, 0.1) is 0 Å². The Morgan fingerprint density at radius 2 is 2.33 bits per heavy atom. The topological polar surface area (TPSA) is 83.8 Å². The summed E-state index contributed by atoms with van der Waals surface area (Å²) in [7, 11) is 0. The van der Waals surface area contributed by atoms with E-state index in [1.807, 2.05) is 6.92 Å². The minimum absolute atomic E-state index is 0.135. The molecule has 0 fully saturated rings. The van der Waals surface area contributed by atoms with E-state index in [9.17, 15) is 4.79 Å². The highest BCUT2D eigenvalue weighted by Crippen LogP contribution is 2.15. The number of carbonyl (C=O) groups is 1. The van der Waals surface area contributed by atoms with Crippen molar-refractivity contribution in [3.8, 4) is 0 Å². The van der Waals surface area contributed by atoms with Gasteiger partial charge < -0.3 is 11.1 Å². The summed E-state index contributed by atoms with van der Waals surface area (Å²) in [5.74, 6) is 0.832. The second-order valence-corrected chi connectivity index (χ2v) is 5.36. The smallest absolute Gasteiger partial charge is 0.274 e. The highest BCUT2D eigenvalue weighted by molar-refractivity contribution is 7.98. The minimum Gasteiger partial charge on any atom is -0.395 e. The van der Waals surface area contributed by atoms with Gasteiger partial charge in [-0.15, -0.1) is 0 Å². The van der Waals surface area contributed by atoms with E-state index in [1.165, 1.54) is 0 Å². The van der Waals surface area contributed by atoms with Gasteiger partial charge in [0.2, 0.25) is 0 Å². The van der Waals surface area contributed by atoms with Gasteiger partial charge in [-0.2, -0.15) is 16.9 Å². The third kappa shape index (κ3) is 3.94. The highest BCUT2D eigenvalue weighted by atomic mass is 32.2. The first-order chi connectivity index (χ1) is 8.60. The van der Waals surface area contributed by atoms with Crippen molar-refractivity contribution in [3.05, 3.63) is 11.4 Å². The van der Waals surface area contributed by atoms with Crippen LogP contribution >= 0.6 is 11.8 Å². The van der Waals surface area contributed by atoms with Crippen LogP contribution in [0.4, 0.5) is 5.69 Å². The van der Waals surface area contributed by atoms with Crippen molar-refractivity contribution in [2.24, 2.45) is 0 Å². The van der Waals surface area contributed by atoms with Gasteiger partial charge in [-0.3, -0.25) is 9.89 Å². The summed E-state index contributed by atoms with van der Waals surface area (Å²) in [5, 5.41) is 9.75. The maximum Gasteiger partial charge on any atom is 0.274 e. The number of anilines is 1. The molecule has 18 heavy (non-hydrogen) atoms. The molecule has 102 valence electrons. The zero-order valence-corrected chi connectivity index (χ0v) is 12.1. The van der Waals surface area contributed by atoms with Crippen LogP contribution in [0.5, 0.6) is 0 Å². The van der Waals surface area contributed by atoms with Crippen molar-refractivity contribution in [2.45, 2.75) is 39.2 Å². The lowest BCUT2D eigenvalue weighted by atomic mass is 10.2. The molecule has 6 heteroatoms. The summed E-state index contributed by atoms with van der Waals surface area (Å²) in [4.78, 5) is 12.0. The Kier molecular flexibility index (Phi) is 6.04. The predicted octanol–water partition coefficient (Wildman–Crippen LogP) is 1.82. The van der Waals surface area contributed by atoms with E-state index in [1.54, 1.807) is 11.8 Å². The van der Waals surface area contributed by atoms with Crippen LogP contribution in [0.1, 0.15) is 42.9 Å². The molecule has 0 aliphatic heterocycles. The van der Waals surface area contributed by atoms with E-state index < -0.39 is 0 Å². The van der Waals surface area contributed by atoms with Crippen LogP contribution in [-0.2, 0) is 6.42 Å². The number of aromatic amines is 1. The molecular weight excluding hydrogens is 248 g/mol. The van der Waals surface area contributed by atoms with Crippen LogP contribution in [0.15, 0.2) is 0 Å². The Balaban J connectivity index is 2.61. The van der Waals surface area contributed by atoms with Crippen molar-refractivity contribution in [1.82, 2.24) is 15.5 Å². The van der Waals surface area contributed by atoms with Gasteiger partial charge in [-0.05, 0) is 31.8 Å². The first-order valence-corrected chi connectivity index (χ1v) is 7.62. The van der Waals surface area contributed by atoms with E-state index in [2.05, 4.69) is 28.7 Å². The fourth-order valence-corrected chi connectivity index (χ4v) is 2.25. The van der Waals surface area contributed by atoms with E-state index in [0.717, 1.165) is 30.7 Å². The molecule has 0 radical (unpaired) electrons. The number of aromatic nitrogens is 2. The van der Waals surface area contributed by atoms with Gasteiger partial charge in [-0.25, -0.2) is 0 Å². The molecule has 1 atom stereocenters. The van der Waals surface area contributed by atoms with Gasteiger partial charge in [0.1, 0.15) is 0 Å². The minimum atomic E-state index is -0.195. The monoisotopic (exact) mass is 270 g/mol. The summed E-state index contributed by atoms with van der Waals surface area (Å²) < 4.78 is 0. The third-order valence-electron chi connectivity index (χ3n) is 2.73. The summed E-state index contributed by atoms with van der Waals surface area (Å²) >= 11 is 1.77. The second-order valence-electron chi connectivity index (χ2n) is 4.37. The van der Waals surface area contributed by atoms with Gasteiger partial charge in [-0.1, -0.05) is 13.3 Å². The molecule has 1 aromatic rings. The number of rotatable bonds is 7. The number of nitrogens with one attached hydrogen (secondary N) is 2. The predicted molar refractivity (Wildman–Crippen MR) is 76.9 cm³/mol. The lowest BCUT2D eigenvalue weighted by Crippen LogP contribution is -2.33. The summed E-state index contributed by atoms with van der Waals surface area (Å²) in [6, 6.07) is 0.135. The molecule has 0 saturated heterocycles. The van der Waals surface area contributed by atoms with E-state index in [0.29, 0.717) is 11.4 Å². The summed E-state index contributed by atoms with van der Waals surface area (Å²) in [6.07, 6.45) is 4.78. The highest BCUT2D eigenvalue weighted by Gasteiger charge is 2.18. The largest absolute Gasteiger partial charge is 0.395 e. The SMILES string of the molecule is CCCc1[nH]nc(C(=O)NC(C)CCSC)c1N. The van der Waals surface area contributed by atoms with Crippen molar-refractivity contribution in [1.29, 1.82) is 0 Å². The molecule has 1 rings (SSSR count). The zero-order valence-electron chi connectivity index (χ0n) is 11.2. The Bertz CT molecular complexity index is 391. The number of hydrogen-bond donors (Lipinski definition) is 3. The number of amides is 1. The molecular formula is C12H22N4OS. The maximum atomic E-state index is 12.0. The Labute approximate surface area is 112 Å². The van der Waals surface area contributed by atoms with E-state index in [-0.39, 0.29) is 11.9 Å². The number of nitrogens with zero attached hydrogens (tertiary/aromatic N) is 1. The molecule has 0 spiro atoms. The van der Waals surface area contributed by atoms with Gasteiger partial charge in [0, 0.05) is 6.04 Å². The summed E-state index contributed by atoms with van der Waals surface area (Å²) in [6.45, 7) is 4.05. The maximum absolute atomic E-state index is 12.0. The second kappa shape index (κ2) is 7.31. The van der Waals surface area contributed by atoms with Crippen LogP contribution < -0.4 is 11.1 Å². The van der Waals surface area contributed by atoms with Crippen molar-refractivity contribution in [3.63, 3.8) is 0 Å². The molecule has 0 aliphatic rings. The number of thioether (sulfide) groups is 1. The molecule has 5 nitrogen and oxygen atoms in total. The molecule has 4 N–H and O–H groups in total. The van der Waals surface area contributed by atoms with Gasteiger partial charge in [0.25, 0.3) is 5.91 Å².